The molecule has 1 aliphatic rings. The molecule has 1 rings (SSSR count). The Kier molecular flexibility index (Phi) is 7.76. The van der Waals surface area contributed by atoms with Crippen LogP contribution in [0.3, 0.4) is 0 Å². The summed E-state index contributed by atoms with van der Waals surface area (Å²) in [6.07, 6.45) is 7.16. The molecule has 0 radical (unpaired) electrons. The first-order valence-corrected chi connectivity index (χ1v) is 8.43. The van der Waals surface area contributed by atoms with E-state index in [0.29, 0.717) is 13.2 Å². The molecule has 0 spiro atoms. The molecule has 1 unspecified atom stereocenters. The van der Waals surface area contributed by atoms with E-state index in [1.54, 1.807) is 6.92 Å². The van der Waals surface area contributed by atoms with Crippen LogP contribution < -0.4 is 0 Å². The van der Waals surface area contributed by atoms with E-state index < -0.39 is 5.41 Å². The highest BCUT2D eigenvalue weighted by atomic mass is 16.5. The van der Waals surface area contributed by atoms with Crippen molar-refractivity contribution in [1.82, 2.24) is 0 Å². The largest absolute Gasteiger partial charge is 0.466 e. The number of hydrogen-bond donors (Lipinski definition) is 0. The molecule has 4 nitrogen and oxygen atoms in total. The van der Waals surface area contributed by atoms with Crippen molar-refractivity contribution in [2.75, 3.05) is 13.2 Å². The molecule has 0 N–H and O–H groups in total. The molecule has 1 aliphatic carbocycles. The lowest BCUT2D eigenvalue weighted by Gasteiger charge is -2.36. The van der Waals surface area contributed by atoms with Crippen LogP contribution >= 0.6 is 0 Å². The Morgan fingerprint density at radius 2 is 1.67 bits per heavy atom. The summed E-state index contributed by atoms with van der Waals surface area (Å²) in [4.78, 5) is 24.7. The molecule has 1 fully saturated rings. The average Bonchev–Trinajstić information content (AvgIpc) is 2.98. The van der Waals surface area contributed by atoms with Crippen LogP contribution in [-0.2, 0) is 19.1 Å². The Labute approximate surface area is 128 Å². The summed E-state index contributed by atoms with van der Waals surface area (Å²) in [6.45, 7) is 6.44. The van der Waals surface area contributed by atoms with Gasteiger partial charge in [-0.1, -0.05) is 32.6 Å². The van der Waals surface area contributed by atoms with E-state index in [-0.39, 0.29) is 24.3 Å². The first kappa shape index (κ1) is 18.0. The zero-order chi connectivity index (χ0) is 15.7. The number of hydrogen-bond acceptors (Lipinski definition) is 4. The molecule has 0 saturated heterocycles. The zero-order valence-electron chi connectivity index (χ0n) is 13.8. The number of ether oxygens (including phenoxy) is 2. The maximum absolute atomic E-state index is 12.7. The third-order valence-corrected chi connectivity index (χ3v) is 4.56. The van der Waals surface area contributed by atoms with E-state index in [0.717, 1.165) is 44.9 Å². The minimum absolute atomic E-state index is 0.171. The summed E-state index contributed by atoms with van der Waals surface area (Å²) in [5, 5.41) is 0. The van der Waals surface area contributed by atoms with Gasteiger partial charge in [0, 0.05) is 0 Å². The Morgan fingerprint density at radius 3 is 2.19 bits per heavy atom. The highest BCUT2D eigenvalue weighted by Crippen LogP contribution is 2.47. The maximum Gasteiger partial charge on any atom is 0.312 e. The topological polar surface area (TPSA) is 52.6 Å². The lowest BCUT2D eigenvalue weighted by atomic mass is 9.68. The third-order valence-electron chi connectivity index (χ3n) is 4.56. The molecule has 0 aliphatic heterocycles. The van der Waals surface area contributed by atoms with Gasteiger partial charge in [-0.05, 0) is 39.0 Å². The van der Waals surface area contributed by atoms with E-state index in [2.05, 4.69) is 6.92 Å². The van der Waals surface area contributed by atoms with Crippen LogP contribution in [-0.4, -0.2) is 25.2 Å². The van der Waals surface area contributed by atoms with Crippen LogP contribution in [0.25, 0.3) is 0 Å². The van der Waals surface area contributed by atoms with Crippen molar-refractivity contribution in [2.24, 2.45) is 11.3 Å². The summed E-state index contributed by atoms with van der Waals surface area (Å²) in [6, 6.07) is 0. The molecule has 0 amide bonds. The second-order valence-electron chi connectivity index (χ2n) is 5.94. The molecule has 4 heteroatoms. The number of carbonyl (C=O) groups excluding carboxylic acids is 2. The summed E-state index contributed by atoms with van der Waals surface area (Å²) in [5.41, 5.74) is -0.672. The molecule has 122 valence electrons. The fourth-order valence-electron chi connectivity index (χ4n) is 3.49. The molecule has 0 aromatic carbocycles. The Hall–Kier alpha value is -1.06. The molecule has 0 bridgehead atoms. The van der Waals surface area contributed by atoms with E-state index in [9.17, 15) is 9.59 Å². The summed E-state index contributed by atoms with van der Waals surface area (Å²) in [7, 11) is 0. The fraction of sp³-hybridized carbons (Fsp3) is 0.882. The zero-order valence-corrected chi connectivity index (χ0v) is 13.8. The summed E-state index contributed by atoms with van der Waals surface area (Å²) >= 11 is 0. The first-order valence-electron chi connectivity index (χ1n) is 8.43. The van der Waals surface area contributed by atoms with Crippen molar-refractivity contribution in [1.29, 1.82) is 0 Å². The van der Waals surface area contributed by atoms with Gasteiger partial charge < -0.3 is 9.47 Å². The molecule has 0 aromatic heterocycles. The normalized spacial score (nSPS) is 18.2. The number of carbonyl (C=O) groups is 2. The Balaban J connectivity index is 2.99. The molecule has 1 saturated carbocycles. The van der Waals surface area contributed by atoms with Crippen LogP contribution in [0.1, 0.15) is 72.1 Å². The van der Waals surface area contributed by atoms with Crippen molar-refractivity contribution in [3.8, 4) is 0 Å². The third kappa shape index (κ3) is 4.72. The molecule has 0 aromatic rings. The van der Waals surface area contributed by atoms with Crippen LogP contribution in [0.15, 0.2) is 0 Å². The van der Waals surface area contributed by atoms with Gasteiger partial charge in [0.1, 0.15) is 0 Å². The van der Waals surface area contributed by atoms with Crippen LogP contribution in [0.4, 0.5) is 0 Å². The maximum atomic E-state index is 12.7. The number of rotatable bonds is 9. The average molecular weight is 298 g/mol. The van der Waals surface area contributed by atoms with Crippen LogP contribution in [0, 0.1) is 11.3 Å². The monoisotopic (exact) mass is 298 g/mol. The molecule has 21 heavy (non-hydrogen) atoms. The van der Waals surface area contributed by atoms with Gasteiger partial charge in [-0.25, -0.2) is 0 Å². The minimum Gasteiger partial charge on any atom is -0.466 e. The lowest BCUT2D eigenvalue weighted by molar-refractivity contribution is -0.167. The van der Waals surface area contributed by atoms with Gasteiger partial charge in [-0.2, -0.15) is 0 Å². The second kappa shape index (κ2) is 9.06. The van der Waals surface area contributed by atoms with Crippen LogP contribution in [0.2, 0.25) is 0 Å². The first-order chi connectivity index (χ1) is 10.1. The van der Waals surface area contributed by atoms with Crippen molar-refractivity contribution < 1.29 is 19.1 Å². The smallest absolute Gasteiger partial charge is 0.312 e. The SMILES string of the molecule is CCCCC(CC(=O)OCC)(C(=O)OCC)C1CCCC1. The predicted molar refractivity (Wildman–Crippen MR) is 81.8 cm³/mol. The lowest BCUT2D eigenvalue weighted by Crippen LogP contribution is -2.41. The molecular weight excluding hydrogens is 268 g/mol. The van der Waals surface area contributed by atoms with Gasteiger partial charge in [0.15, 0.2) is 0 Å². The van der Waals surface area contributed by atoms with Gasteiger partial charge in [0.25, 0.3) is 0 Å². The van der Waals surface area contributed by atoms with Crippen molar-refractivity contribution in [3.05, 3.63) is 0 Å². The summed E-state index contributed by atoms with van der Waals surface area (Å²) in [5.74, 6) is -0.209. The minimum atomic E-state index is -0.672. The molecular formula is C17H30O4. The molecule has 1 atom stereocenters. The summed E-state index contributed by atoms with van der Waals surface area (Å²) < 4.78 is 10.5. The van der Waals surface area contributed by atoms with Crippen LogP contribution in [0.5, 0.6) is 0 Å². The highest BCUT2D eigenvalue weighted by molar-refractivity contribution is 5.84. The van der Waals surface area contributed by atoms with Gasteiger partial charge in [-0.3, -0.25) is 9.59 Å². The Bertz CT molecular complexity index is 334. The van der Waals surface area contributed by atoms with E-state index in [4.69, 9.17) is 9.47 Å². The second-order valence-corrected chi connectivity index (χ2v) is 5.94. The number of esters is 2. The van der Waals surface area contributed by atoms with E-state index in [1.165, 1.54) is 0 Å². The van der Waals surface area contributed by atoms with Gasteiger partial charge in [0.05, 0.1) is 25.0 Å². The standard InChI is InChI=1S/C17H30O4/c1-4-7-12-17(16(19)21-6-3,13-15(18)20-5-2)14-10-8-9-11-14/h14H,4-13H2,1-3H3. The predicted octanol–water partition coefficient (Wildman–Crippen LogP) is 3.87. The quantitative estimate of drug-likeness (QED) is 0.606. The Morgan fingerprint density at radius 1 is 1.05 bits per heavy atom. The number of unbranched alkanes of at least 4 members (excludes halogenated alkanes) is 1. The van der Waals surface area contributed by atoms with Gasteiger partial charge in [-0.15, -0.1) is 0 Å². The fourth-order valence-corrected chi connectivity index (χ4v) is 3.49. The highest BCUT2D eigenvalue weighted by Gasteiger charge is 2.48. The van der Waals surface area contributed by atoms with E-state index in [1.807, 2.05) is 6.92 Å². The van der Waals surface area contributed by atoms with Crippen molar-refractivity contribution in [2.45, 2.75) is 72.1 Å². The van der Waals surface area contributed by atoms with Gasteiger partial charge in [0.2, 0.25) is 0 Å². The van der Waals surface area contributed by atoms with E-state index >= 15 is 0 Å². The van der Waals surface area contributed by atoms with Crippen molar-refractivity contribution >= 4 is 11.9 Å². The molecule has 0 heterocycles. The van der Waals surface area contributed by atoms with Crippen molar-refractivity contribution in [3.63, 3.8) is 0 Å². The van der Waals surface area contributed by atoms with Gasteiger partial charge >= 0.3 is 11.9 Å².